The summed E-state index contributed by atoms with van der Waals surface area (Å²) in [5, 5.41) is 8.20. The highest BCUT2D eigenvalue weighted by molar-refractivity contribution is 6.35. The lowest BCUT2D eigenvalue weighted by Gasteiger charge is -2.27. The third-order valence-electron chi connectivity index (χ3n) is 2.77. The largest absolute Gasteiger partial charge is 0.352 e. The lowest BCUT2D eigenvalue weighted by atomic mass is 10.2. The number of hydrogen-bond acceptors (Lipinski definition) is 4. The van der Waals surface area contributed by atoms with Gasteiger partial charge in [0.1, 0.15) is 6.04 Å². The Balaban J connectivity index is 2.44. The molecule has 1 fully saturated rings. The van der Waals surface area contributed by atoms with Gasteiger partial charge < -0.3 is 20.9 Å². The van der Waals surface area contributed by atoms with Crippen molar-refractivity contribution < 1.29 is 14.4 Å². The Morgan fingerprint density at radius 2 is 1.63 bits per heavy atom. The van der Waals surface area contributed by atoms with E-state index in [-0.39, 0.29) is 11.9 Å². The Morgan fingerprint density at radius 3 is 2.16 bits per heavy atom. The van der Waals surface area contributed by atoms with Crippen LogP contribution in [0.1, 0.15) is 20.8 Å². The molecule has 1 heterocycles. The number of rotatable bonds is 3. The molecule has 0 radical (unpaired) electrons. The van der Waals surface area contributed by atoms with Gasteiger partial charge in [0.15, 0.2) is 0 Å². The molecule has 0 spiro atoms. The average molecular weight is 270 g/mol. The second-order valence-electron chi connectivity index (χ2n) is 4.90. The van der Waals surface area contributed by atoms with Gasteiger partial charge in [-0.15, -0.1) is 0 Å². The molecule has 7 heteroatoms. The van der Waals surface area contributed by atoms with Gasteiger partial charge in [0, 0.05) is 32.2 Å². The first-order chi connectivity index (χ1) is 8.91. The predicted octanol–water partition coefficient (Wildman–Crippen LogP) is -1.55. The summed E-state index contributed by atoms with van der Waals surface area (Å²) < 4.78 is 0. The highest BCUT2D eigenvalue weighted by atomic mass is 16.2. The van der Waals surface area contributed by atoms with Crippen molar-refractivity contribution in [2.45, 2.75) is 32.9 Å². The maximum Gasteiger partial charge on any atom is 0.311 e. The van der Waals surface area contributed by atoms with Crippen molar-refractivity contribution in [1.82, 2.24) is 20.9 Å². The molecule has 0 bridgehead atoms. The van der Waals surface area contributed by atoms with Crippen molar-refractivity contribution in [1.29, 1.82) is 0 Å². The van der Waals surface area contributed by atoms with Crippen molar-refractivity contribution in [3.8, 4) is 0 Å². The van der Waals surface area contributed by atoms with Crippen LogP contribution in [0.5, 0.6) is 0 Å². The van der Waals surface area contributed by atoms with Crippen LogP contribution in [0.25, 0.3) is 0 Å². The van der Waals surface area contributed by atoms with E-state index >= 15 is 0 Å². The fraction of sp³-hybridized carbons (Fsp3) is 0.750. The summed E-state index contributed by atoms with van der Waals surface area (Å²) >= 11 is 0. The molecule has 0 saturated carbocycles. The minimum atomic E-state index is -0.728. The number of carbonyl (C=O) groups is 3. The first-order valence-electron chi connectivity index (χ1n) is 6.52. The highest BCUT2D eigenvalue weighted by Crippen LogP contribution is 1.94. The second-order valence-corrected chi connectivity index (χ2v) is 4.90. The number of hydrogen-bond donors (Lipinski definition) is 3. The average Bonchev–Trinajstić information content (AvgIpc) is 2.37. The topological polar surface area (TPSA) is 90.5 Å². The Kier molecular flexibility index (Phi) is 5.75. The van der Waals surface area contributed by atoms with Gasteiger partial charge in [0.25, 0.3) is 0 Å². The van der Waals surface area contributed by atoms with E-state index in [1.807, 2.05) is 13.8 Å². The fourth-order valence-electron chi connectivity index (χ4n) is 1.74. The number of carbonyl (C=O) groups excluding carboxylic acids is 3. The SMILES string of the molecule is CC(C)NC(=O)C(C)NC(=O)C(=O)N1CCNCC1. The molecule has 1 rings (SSSR count). The molecule has 0 aromatic carbocycles. The zero-order chi connectivity index (χ0) is 14.4. The van der Waals surface area contributed by atoms with Gasteiger partial charge in [-0.05, 0) is 20.8 Å². The van der Waals surface area contributed by atoms with Crippen molar-refractivity contribution in [3.63, 3.8) is 0 Å². The Bertz CT molecular complexity index is 351. The molecular formula is C12H22N4O3. The van der Waals surface area contributed by atoms with Gasteiger partial charge in [-0.3, -0.25) is 14.4 Å². The maximum atomic E-state index is 11.8. The molecule has 1 saturated heterocycles. The van der Waals surface area contributed by atoms with Crippen molar-refractivity contribution in [2.24, 2.45) is 0 Å². The third-order valence-corrected chi connectivity index (χ3v) is 2.77. The van der Waals surface area contributed by atoms with Gasteiger partial charge in [0.2, 0.25) is 5.91 Å². The molecule has 0 aliphatic carbocycles. The van der Waals surface area contributed by atoms with Gasteiger partial charge in [-0.2, -0.15) is 0 Å². The minimum absolute atomic E-state index is 0.00396. The lowest BCUT2D eigenvalue weighted by molar-refractivity contribution is -0.147. The standard InChI is InChI=1S/C12H22N4O3/c1-8(2)14-10(17)9(3)15-11(18)12(19)16-6-4-13-5-7-16/h8-9,13H,4-7H2,1-3H3,(H,14,17)(H,15,18). The van der Waals surface area contributed by atoms with E-state index in [1.54, 1.807) is 6.92 Å². The number of piperazine rings is 1. The van der Waals surface area contributed by atoms with E-state index in [0.29, 0.717) is 26.2 Å². The molecule has 1 aliphatic rings. The van der Waals surface area contributed by atoms with Crippen LogP contribution in [-0.4, -0.2) is 60.9 Å². The first kappa shape index (κ1) is 15.4. The molecule has 0 aromatic rings. The minimum Gasteiger partial charge on any atom is -0.352 e. The summed E-state index contributed by atoms with van der Waals surface area (Å²) in [6.45, 7) is 7.61. The number of nitrogens with one attached hydrogen (secondary N) is 3. The second kappa shape index (κ2) is 7.08. The van der Waals surface area contributed by atoms with Crippen LogP contribution in [0.4, 0.5) is 0 Å². The van der Waals surface area contributed by atoms with Gasteiger partial charge >= 0.3 is 11.8 Å². The third kappa shape index (κ3) is 4.86. The smallest absolute Gasteiger partial charge is 0.311 e. The van der Waals surface area contributed by atoms with Crippen molar-refractivity contribution in [3.05, 3.63) is 0 Å². The monoisotopic (exact) mass is 270 g/mol. The molecule has 0 aromatic heterocycles. The van der Waals surface area contributed by atoms with Crippen LogP contribution in [0.3, 0.4) is 0 Å². The van der Waals surface area contributed by atoms with Crippen LogP contribution in [0.2, 0.25) is 0 Å². The summed E-state index contributed by atoms with van der Waals surface area (Å²) in [5.41, 5.74) is 0. The van der Waals surface area contributed by atoms with Crippen LogP contribution in [0, 0.1) is 0 Å². The fourth-order valence-corrected chi connectivity index (χ4v) is 1.74. The summed E-state index contributed by atoms with van der Waals surface area (Å²) in [7, 11) is 0. The van der Waals surface area contributed by atoms with Crippen LogP contribution in [0.15, 0.2) is 0 Å². The number of amides is 3. The van der Waals surface area contributed by atoms with Gasteiger partial charge in [-0.25, -0.2) is 0 Å². The van der Waals surface area contributed by atoms with Crippen molar-refractivity contribution >= 4 is 17.7 Å². The Labute approximate surface area is 113 Å². The summed E-state index contributed by atoms with van der Waals surface area (Å²) in [5.74, 6) is -1.60. The van der Waals surface area contributed by atoms with E-state index < -0.39 is 17.9 Å². The molecule has 7 nitrogen and oxygen atoms in total. The van der Waals surface area contributed by atoms with E-state index in [1.165, 1.54) is 4.90 Å². The van der Waals surface area contributed by atoms with Gasteiger partial charge in [0.05, 0.1) is 0 Å². The summed E-state index contributed by atoms with van der Waals surface area (Å²) in [4.78, 5) is 36.7. The Morgan fingerprint density at radius 1 is 1.05 bits per heavy atom. The molecule has 108 valence electrons. The molecule has 1 aliphatic heterocycles. The van der Waals surface area contributed by atoms with Gasteiger partial charge in [-0.1, -0.05) is 0 Å². The summed E-state index contributed by atoms with van der Waals surface area (Å²) in [6, 6.07) is -0.725. The maximum absolute atomic E-state index is 11.8. The van der Waals surface area contributed by atoms with Crippen LogP contribution in [-0.2, 0) is 14.4 Å². The van der Waals surface area contributed by atoms with E-state index in [0.717, 1.165) is 0 Å². The summed E-state index contributed by atoms with van der Waals surface area (Å²) in [6.07, 6.45) is 0. The molecular weight excluding hydrogens is 248 g/mol. The predicted molar refractivity (Wildman–Crippen MR) is 70.3 cm³/mol. The molecule has 1 atom stereocenters. The number of nitrogens with zero attached hydrogens (tertiary/aromatic N) is 1. The Hall–Kier alpha value is -1.63. The van der Waals surface area contributed by atoms with Crippen LogP contribution >= 0.6 is 0 Å². The normalized spacial score (nSPS) is 16.9. The quantitative estimate of drug-likeness (QED) is 0.541. The zero-order valence-electron chi connectivity index (χ0n) is 11.7. The van der Waals surface area contributed by atoms with Crippen molar-refractivity contribution in [2.75, 3.05) is 26.2 Å². The molecule has 1 unspecified atom stereocenters. The first-order valence-corrected chi connectivity index (χ1v) is 6.52. The van der Waals surface area contributed by atoms with Crippen LogP contribution < -0.4 is 16.0 Å². The highest BCUT2D eigenvalue weighted by Gasteiger charge is 2.26. The zero-order valence-corrected chi connectivity index (χ0v) is 11.7. The van der Waals surface area contributed by atoms with E-state index in [2.05, 4.69) is 16.0 Å². The van der Waals surface area contributed by atoms with E-state index in [4.69, 9.17) is 0 Å². The lowest BCUT2D eigenvalue weighted by Crippen LogP contribution is -2.54. The van der Waals surface area contributed by atoms with E-state index in [9.17, 15) is 14.4 Å². The molecule has 3 N–H and O–H groups in total. The molecule has 3 amide bonds. The molecule has 19 heavy (non-hydrogen) atoms.